The second-order valence-corrected chi connectivity index (χ2v) is 7.38. The van der Waals surface area contributed by atoms with E-state index in [1.807, 2.05) is 25.1 Å². The van der Waals surface area contributed by atoms with Gasteiger partial charge in [-0.1, -0.05) is 6.07 Å². The van der Waals surface area contributed by atoms with Crippen LogP contribution >= 0.6 is 0 Å². The molecule has 134 valence electrons. The lowest BCUT2D eigenvalue weighted by molar-refractivity contribution is -0.0880. The Hall–Kier alpha value is -1.76. The molecule has 2 aliphatic rings. The average molecular weight is 343 g/mol. The molecule has 1 aliphatic carbocycles. The summed E-state index contributed by atoms with van der Waals surface area (Å²) in [4.78, 5) is 19.5. The topological polar surface area (TPSA) is 67.1 Å². The smallest absolute Gasteiger partial charge is 0.258 e. The van der Waals surface area contributed by atoms with Gasteiger partial charge in [0.05, 0.1) is 17.4 Å². The van der Waals surface area contributed by atoms with Crippen LogP contribution in [0.5, 0.6) is 0 Å². The van der Waals surface area contributed by atoms with Crippen molar-refractivity contribution >= 4 is 5.65 Å². The van der Waals surface area contributed by atoms with E-state index in [-0.39, 0.29) is 23.3 Å². The average Bonchev–Trinajstić information content (AvgIpc) is 2.93. The number of likely N-dealkylation sites (tertiary alicyclic amines) is 1. The zero-order valence-electron chi connectivity index (χ0n) is 14.8. The Morgan fingerprint density at radius 1 is 1.40 bits per heavy atom. The number of fused-ring (bicyclic) bond motifs is 2. The summed E-state index contributed by atoms with van der Waals surface area (Å²) >= 11 is 0. The highest BCUT2D eigenvalue weighted by Crippen LogP contribution is 2.42. The van der Waals surface area contributed by atoms with Gasteiger partial charge in [0, 0.05) is 38.0 Å². The molecule has 25 heavy (non-hydrogen) atoms. The molecular weight excluding hydrogens is 318 g/mol. The zero-order valence-corrected chi connectivity index (χ0v) is 14.8. The second-order valence-electron chi connectivity index (χ2n) is 7.38. The first-order valence-electron chi connectivity index (χ1n) is 8.98. The van der Waals surface area contributed by atoms with Crippen molar-refractivity contribution in [3.05, 3.63) is 46.0 Å². The van der Waals surface area contributed by atoms with E-state index in [9.17, 15) is 9.90 Å². The van der Waals surface area contributed by atoms with Crippen LogP contribution in [-0.4, -0.2) is 50.8 Å². The molecule has 1 aliphatic heterocycles. The van der Waals surface area contributed by atoms with Gasteiger partial charge in [-0.3, -0.25) is 14.1 Å². The van der Waals surface area contributed by atoms with Crippen LogP contribution in [-0.2, 0) is 11.3 Å². The minimum absolute atomic E-state index is 0.0426. The molecule has 2 unspecified atom stereocenters. The Kier molecular flexibility index (Phi) is 4.14. The Balaban J connectivity index is 1.64. The molecule has 1 N–H and O–H groups in total. The molecule has 2 aromatic heterocycles. The first-order chi connectivity index (χ1) is 12.0. The maximum atomic E-state index is 12.5. The Morgan fingerprint density at radius 3 is 3.04 bits per heavy atom. The molecule has 3 atom stereocenters. The molecule has 2 aromatic rings. The number of hydrogen-bond donors (Lipinski definition) is 1. The number of ether oxygens (including phenoxy) is 1. The van der Waals surface area contributed by atoms with E-state index < -0.39 is 0 Å². The summed E-state index contributed by atoms with van der Waals surface area (Å²) in [5.41, 5.74) is 2.14. The predicted molar refractivity (Wildman–Crippen MR) is 94.6 cm³/mol. The third-order valence-electron chi connectivity index (χ3n) is 5.97. The predicted octanol–water partition coefficient (Wildman–Crippen LogP) is 1.51. The van der Waals surface area contributed by atoms with Gasteiger partial charge >= 0.3 is 0 Å². The summed E-state index contributed by atoms with van der Waals surface area (Å²) in [5, 5.41) is 10.1. The number of methoxy groups -OCH3 is 1. The molecule has 0 aromatic carbocycles. The van der Waals surface area contributed by atoms with Crippen molar-refractivity contribution in [2.45, 2.75) is 56.9 Å². The van der Waals surface area contributed by atoms with E-state index in [0.717, 1.165) is 43.6 Å². The number of pyridine rings is 1. The Bertz CT molecular complexity index is 849. The molecule has 3 heterocycles. The lowest BCUT2D eigenvalue weighted by Gasteiger charge is -2.42. The minimum Gasteiger partial charge on any atom is -0.393 e. The van der Waals surface area contributed by atoms with Gasteiger partial charge in [0.1, 0.15) is 5.65 Å². The van der Waals surface area contributed by atoms with Gasteiger partial charge in [-0.05, 0) is 44.7 Å². The molecule has 0 spiro atoms. The number of aryl methyl sites for hydroxylation is 1. The number of rotatable bonds is 3. The van der Waals surface area contributed by atoms with Crippen LogP contribution < -0.4 is 5.56 Å². The summed E-state index contributed by atoms with van der Waals surface area (Å²) in [6.45, 7) is 3.43. The molecule has 6 heteroatoms. The number of aliphatic hydroxyl groups excluding tert-OH is 1. The summed E-state index contributed by atoms with van der Waals surface area (Å²) < 4.78 is 7.53. The molecule has 1 saturated heterocycles. The van der Waals surface area contributed by atoms with Crippen LogP contribution in [0.25, 0.3) is 5.65 Å². The van der Waals surface area contributed by atoms with Gasteiger partial charge in [-0.2, -0.15) is 0 Å². The zero-order chi connectivity index (χ0) is 17.6. The number of hydrogen-bond acceptors (Lipinski definition) is 5. The van der Waals surface area contributed by atoms with Crippen LogP contribution in [0.15, 0.2) is 29.1 Å². The standard InChI is InChI=1S/C19H25N3O3/c1-13-4-3-5-17-20-14(10-18(24)22(13)17)12-21-9-8-19(25-2)7-6-15(23)11-16(19)21/h3-5,10,15-16,23H,6-9,11-12H2,1-2H3/t15?,16?,19-/m1/s1. The van der Waals surface area contributed by atoms with Crippen molar-refractivity contribution in [2.24, 2.45) is 0 Å². The van der Waals surface area contributed by atoms with E-state index >= 15 is 0 Å². The van der Waals surface area contributed by atoms with Crippen molar-refractivity contribution in [3.63, 3.8) is 0 Å². The molecule has 2 fully saturated rings. The maximum absolute atomic E-state index is 12.5. The summed E-state index contributed by atoms with van der Waals surface area (Å²) in [7, 11) is 1.78. The number of nitrogens with zero attached hydrogens (tertiary/aromatic N) is 3. The Morgan fingerprint density at radius 2 is 2.24 bits per heavy atom. The van der Waals surface area contributed by atoms with Crippen molar-refractivity contribution < 1.29 is 9.84 Å². The normalized spacial score (nSPS) is 29.9. The summed E-state index contributed by atoms with van der Waals surface area (Å²) in [6, 6.07) is 7.51. The second kappa shape index (κ2) is 6.20. The molecule has 0 radical (unpaired) electrons. The van der Waals surface area contributed by atoms with E-state index in [2.05, 4.69) is 9.88 Å². The van der Waals surface area contributed by atoms with E-state index in [1.54, 1.807) is 17.6 Å². The molecule has 4 rings (SSSR count). The molecule has 0 amide bonds. The fraction of sp³-hybridized carbons (Fsp3) is 0.579. The lowest BCUT2D eigenvalue weighted by atomic mass is 9.79. The van der Waals surface area contributed by atoms with Crippen molar-refractivity contribution in [3.8, 4) is 0 Å². The first-order valence-corrected chi connectivity index (χ1v) is 8.98. The van der Waals surface area contributed by atoms with Crippen molar-refractivity contribution in [1.29, 1.82) is 0 Å². The third kappa shape index (κ3) is 2.78. The van der Waals surface area contributed by atoms with Crippen LogP contribution in [0.3, 0.4) is 0 Å². The summed E-state index contributed by atoms with van der Waals surface area (Å²) in [6.07, 6.45) is 3.10. The van der Waals surface area contributed by atoms with Gasteiger partial charge < -0.3 is 9.84 Å². The van der Waals surface area contributed by atoms with Crippen molar-refractivity contribution in [1.82, 2.24) is 14.3 Å². The largest absolute Gasteiger partial charge is 0.393 e. The van der Waals surface area contributed by atoms with E-state index in [1.165, 1.54) is 0 Å². The molecule has 0 bridgehead atoms. The Labute approximate surface area is 147 Å². The SMILES string of the molecule is CO[C@@]12CCC(O)CC1N(Cc1cc(=O)n3c(C)cccc3n1)CC2. The van der Waals surface area contributed by atoms with Gasteiger partial charge in [-0.15, -0.1) is 0 Å². The third-order valence-corrected chi connectivity index (χ3v) is 5.97. The molecule has 6 nitrogen and oxygen atoms in total. The molecule has 1 saturated carbocycles. The van der Waals surface area contributed by atoms with Crippen LogP contribution in [0.2, 0.25) is 0 Å². The highest BCUT2D eigenvalue weighted by Gasteiger charge is 2.50. The van der Waals surface area contributed by atoms with Gasteiger partial charge in [0.15, 0.2) is 0 Å². The molecular formula is C19H25N3O3. The first kappa shape index (κ1) is 16.7. The van der Waals surface area contributed by atoms with Crippen molar-refractivity contribution in [2.75, 3.05) is 13.7 Å². The number of aromatic nitrogens is 2. The van der Waals surface area contributed by atoms with Crippen LogP contribution in [0.4, 0.5) is 0 Å². The fourth-order valence-corrected chi connectivity index (χ4v) is 4.61. The fourth-order valence-electron chi connectivity index (χ4n) is 4.61. The minimum atomic E-state index is -0.272. The number of aliphatic hydroxyl groups is 1. The van der Waals surface area contributed by atoms with Gasteiger partial charge in [-0.25, -0.2) is 4.98 Å². The van der Waals surface area contributed by atoms with Crippen LogP contribution in [0, 0.1) is 6.92 Å². The van der Waals surface area contributed by atoms with Crippen LogP contribution in [0.1, 0.15) is 37.1 Å². The van der Waals surface area contributed by atoms with E-state index in [0.29, 0.717) is 12.2 Å². The van der Waals surface area contributed by atoms with Gasteiger partial charge in [0.25, 0.3) is 5.56 Å². The highest BCUT2D eigenvalue weighted by atomic mass is 16.5. The quantitative estimate of drug-likeness (QED) is 0.915. The maximum Gasteiger partial charge on any atom is 0.258 e. The lowest BCUT2D eigenvalue weighted by Crippen LogP contribution is -2.51. The monoisotopic (exact) mass is 343 g/mol. The van der Waals surface area contributed by atoms with E-state index in [4.69, 9.17) is 4.74 Å². The van der Waals surface area contributed by atoms with Gasteiger partial charge in [0.2, 0.25) is 0 Å². The summed E-state index contributed by atoms with van der Waals surface area (Å²) in [5.74, 6) is 0. The highest BCUT2D eigenvalue weighted by molar-refractivity contribution is 5.40.